The number of esters is 1. The summed E-state index contributed by atoms with van der Waals surface area (Å²) in [7, 11) is 0. The first-order chi connectivity index (χ1) is 11.6. The fraction of sp³-hybridized carbons (Fsp3) is 0.312. The van der Waals surface area contributed by atoms with E-state index in [4.69, 9.17) is 9.26 Å². The molecule has 0 aliphatic heterocycles. The van der Waals surface area contributed by atoms with Crippen LogP contribution in [0, 0.1) is 0 Å². The van der Waals surface area contributed by atoms with Gasteiger partial charge in [-0.2, -0.15) is 4.98 Å². The van der Waals surface area contributed by atoms with Crippen LogP contribution in [0.4, 0.5) is 0 Å². The van der Waals surface area contributed by atoms with Crippen LogP contribution in [0.1, 0.15) is 47.5 Å². The van der Waals surface area contributed by atoms with Crippen molar-refractivity contribution in [3.05, 3.63) is 59.5 Å². The summed E-state index contributed by atoms with van der Waals surface area (Å²) in [4.78, 5) is 16.1. The Kier molecular flexibility index (Phi) is 4.64. The lowest BCUT2D eigenvalue weighted by Gasteiger charge is -1.99. The molecule has 8 nitrogen and oxygen atoms in total. The highest BCUT2D eigenvalue weighted by Gasteiger charge is 2.15. The summed E-state index contributed by atoms with van der Waals surface area (Å²) >= 11 is 0. The molecule has 0 saturated carbocycles. The van der Waals surface area contributed by atoms with Crippen molar-refractivity contribution in [1.82, 2.24) is 25.1 Å². The first-order valence-corrected chi connectivity index (χ1v) is 7.55. The van der Waals surface area contributed by atoms with Crippen molar-refractivity contribution < 1.29 is 14.1 Å². The third-order valence-corrected chi connectivity index (χ3v) is 3.26. The van der Waals surface area contributed by atoms with Crippen molar-refractivity contribution in [2.75, 3.05) is 0 Å². The number of benzene rings is 1. The molecule has 0 spiro atoms. The first-order valence-electron chi connectivity index (χ1n) is 7.55. The van der Waals surface area contributed by atoms with Gasteiger partial charge in [0.25, 0.3) is 5.89 Å². The lowest BCUT2D eigenvalue weighted by Crippen LogP contribution is -2.06. The molecule has 3 rings (SSSR count). The summed E-state index contributed by atoms with van der Waals surface area (Å²) in [5.41, 5.74) is 1.20. The second kappa shape index (κ2) is 7.03. The molecule has 124 valence electrons. The molecule has 3 aromatic rings. The monoisotopic (exact) mass is 327 g/mol. The standard InChI is InChI=1S/C16H17N5O3/c1-11(2)15-17-14(24-19-15)10-23-16(22)13-9-21(20-18-13)8-12-6-4-3-5-7-12/h3-7,9,11H,8,10H2,1-2H3. The van der Waals surface area contributed by atoms with Gasteiger partial charge in [-0.25, -0.2) is 9.48 Å². The second-order valence-corrected chi connectivity index (χ2v) is 5.56. The number of carbonyl (C=O) groups is 1. The summed E-state index contributed by atoms with van der Waals surface area (Å²) in [5.74, 6) is 0.397. The number of hydrogen-bond donors (Lipinski definition) is 0. The van der Waals surface area contributed by atoms with Crippen LogP contribution in [0.2, 0.25) is 0 Å². The summed E-state index contributed by atoms with van der Waals surface area (Å²) in [6.07, 6.45) is 1.54. The molecule has 8 heteroatoms. The Morgan fingerprint density at radius 2 is 2.08 bits per heavy atom. The Bertz CT molecular complexity index is 810. The number of carbonyl (C=O) groups excluding carboxylic acids is 1. The van der Waals surface area contributed by atoms with E-state index in [-0.39, 0.29) is 24.1 Å². The zero-order valence-corrected chi connectivity index (χ0v) is 13.4. The Hall–Kier alpha value is -3.03. The van der Waals surface area contributed by atoms with Gasteiger partial charge in [0.1, 0.15) is 0 Å². The molecule has 0 fully saturated rings. The van der Waals surface area contributed by atoms with Crippen LogP contribution >= 0.6 is 0 Å². The van der Waals surface area contributed by atoms with Gasteiger partial charge in [-0.15, -0.1) is 5.10 Å². The topological polar surface area (TPSA) is 95.9 Å². The van der Waals surface area contributed by atoms with Gasteiger partial charge < -0.3 is 9.26 Å². The van der Waals surface area contributed by atoms with Crippen LogP contribution < -0.4 is 0 Å². The Morgan fingerprint density at radius 3 is 2.79 bits per heavy atom. The Morgan fingerprint density at radius 1 is 1.29 bits per heavy atom. The molecule has 0 atom stereocenters. The minimum Gasteiger partial charge on any atom is -0.451 e. The molecule has 24 heavy (non-hydrogen) atoms. The molecule has 0 aliphatic carbocycles. The minimum absolute atomic E-state index is 0.0932. The molecule has 0 N–H and O–H groups in total. The van der Waals surface area contributed by atoms with E-state index in [9.17, 15) is 4.79 Å². The average Bonchev–Trinajstić information content (AvgIpc) is 3.23. The van der Waals surface area contributed by atoms with E-state index in [1.54, 1.807) is 10.9 Å². The zero-order chi connectivity index (χ0) is 16.9. The van der Waals surface area contributed by atoms with E-state index in [0.29, 0.717) is 12.4 Å². The van der Waals surface area contributed by atoms with E-state index in [2.05, 4.69) is 20.5 Å². The van der Waals surface area contributed by atoms with E-state index < -0.39 is 5.97 Å². The summed E-state index contributed by atoms with van der Waals surface area (Å²) in [6, 6.07) is 9.77. The molecular weight excluding hydrogens is 310 g/mol. The van der Waals surface area contributed by atoms with Crippen LogP contribution in [0.15, 0.2) is 41.1 Å². The Labute approximate surface area is 138 Å². The molecular formula is C16H17N5O3. The maximum absolute atomic E-state index is 12.0. The third kappa shape index (κ3) is 3.83. The van der Waals surface area contributed by atoms with Crippen molar-refractivity contribution in [2.45, 2.75) is 32.9 Å². The molecule has 0 radical (unpaired) electrons. The molecule has 0 unspecified atom stereocenters. The number of ether oxygens (including phenoxy) is 1. The van der Waals surface area contributed by atoms with Crippen LogP contribution in [-0.2, 0) is 17.9 Å². The maximum Gasteiger partial charge on any atom is 0.361 e. The van der Waals surface area contributed by atoms with Gasteiger partial charge in [-0.05, 0) is 5.56 Å². The predicted octanol–water partition coefficient (Wildman–Crippen LogP) is 2.19. The second-order valence-electron chi connectivity index (χ2n) is 5.56. The van der Waals surface area contributed by atoms with E-state index in [1.807, 2.05) is 44.2 Å². The molecule has 0 aliphatic rings. The van der Waals surface area contributed by atoms with Crippen LogP contribution in [0.3, 0.4) is 0 Å². The van der Waals surface area contributed by atoms with Gasteiger partial charge in [0.15, 0.2) is 18.1 Å². The molecule has 2 aromatic heterocycles. The van der Waals surface area contributed by atoms with Crippen LogP contribution in [0.5, 0.6) is 0 Å². The van der Waals surface area contributed by atoms with E-state index in [1.165, 1.54) is 0 Å². The van der Waals surface area contributed by atoms with Gasteiger partial charge in [-0.1, -0.05) is 54.5 Å². The van der Waals surface area contributed by atoms with Gasteiger partial charge in [0, 0.05) is 5.92 Å². The zero-order valence-electron chi connectivity index (χ0n) is 13.4. The number of hydrogen-bond acceptors (Lipinski definition) is 7. The number of rotatable bonds is 6. The van der Waals surface area contributed by atoms with Gasteiger partial charge in [0.2, 0.25) is 0 Å². The molecule has 0 saturated heterocycles. The minimum atomic E-state index is -0.585. The predicted molar refractivity (Wildman–Crippen MR) is 83.1 cm³/mol. The fourth-order valence-corrected chi connectivity index (χ4v) is 2.00. The van der Waals surface area contributed by atoms with Crippen LogP contribution in [0.25, 0.3) is 0 Å². The number of aromatic nitrogens is 5. The van der Waals surface area contributed by atoms with Crippen molar-refractivity contribution >= 4 is 5.97 Å². The smallest absolute Gasteiger partial charge is 0.361 e. The lowest BCUT2D eigenvalue weighted by molar-refractivity contribution is 0.0422. The van der Waals surface area contributed by atoms with E-state index >= 15 is 0 Å². The SMILES string of the molecule is CC(C)c1noc(COC(=O)c2cn(Cc3ccccc3)nn2)n1. The highest BCUT2D eigenvalue weighted by atomic mass is 16.6. The van der Waals surface area contributed by atoms with Crippen molar-refractivity contribution in [2.24, 2.45) is 0 Å². The van der Waals surface area contributed by atoms with E-state index in [0.717, 1.165) is 5.56 Å². The molecule has 2 heterocycles. The largest absolute Gasteiger partial charge is 0.451 e. The number of nitrogens with zero attached hydrogens (tertiary/aromatic N) is 5. The summed E-state index contributed by atoms with van der Waals surface area (Å²) < 4.78 is 11.7. The third-order valence-electron chi connectivity index (χ3n) is 3.26. The molecule has 1 aromatic carbocycles. The van der Waals surface area contributed by atoms with Gasteiger partial charge in [0.05, 0.1) is 12.7 Å². The van der Waals surface area contributed by atoms with Gasteiger partial charge in [-0.3, -0.25) is 0 Å². The summed E-state index contributed by atoms with van der Waals surface area (Å²) in [5, 5.41) is 11.6. The average molecular weight is 327 g/mol. The highest BCUT2D eigenvalue weighted by Crippen LogP contribution is 2.10. The maximum atomic E-state index is 12.0. The molecule has 0 amide bonds. The fourth-order valence-electron chi connectivity index (χ4n) is 2.00. The van der Waals surface area contributed by atoms with Crippen LogP contribution in [-0.4, -0.2) is 31.1 Å². The summed E-state index contributed by atoms with van der Waals surface area (Å²) in [6.45, 7) is 4.34. The quantitative estimate of drug-likeness (QED) is 0.640. The Balaban J connectivity index is 1.57. The van der Waals surface area contributed by atoms with Crippen molar-refractivity contribution in [1.29, 1.82) is 0 Å². The molecule has 0 bridgehead atoms. The normalized spacial score (nSPS) is 11.0. The first kappa shape index (κ1) is 15.9. The highest BCUT2D eigenvalue weighted by molar-refractivity contribution is 5.86. The lowest BCUT2D eigenvalue weighted by atomic mass is 10.2. The van der Waals surface area contributed by atoms with Gasteiger partial charge >= 0.3 is 5.97 Å². The van der Waals surface area contributed by atoms with Crippen molar-refractivity contribution in [3.63, 3.8) is 0 Å². The van der Waals surface area contributed by atoms with Crippen molar-refractivity contribution in [3.8, 4) is 0 Å².